The second-order valence-electron chi connectivity index (χ2n) is 3.39. The van der Waals surface area contributed by atoms with Crippen molar-refractivity contribution in [1.82, 2.24) is 9.55 Å². The lowest BCUT2D eigenvalue weighted by Crippen LogP contribution is -2.00. The molecule has 4 heteroatoms. The standard InChI is InChI=1S/C9H15ClN2O/c1-6(2)8-9(10)12(3)7(11-8)4-5-13/h6,13H,4-5H2,1-3H3. The van der Waals surface area contributed by atoms with Gasteiger partial charge in [-0.25, -0.2) is 4.98 Å². The Kier molecular flexibility index (Phi) is 3.33. The van der Waals surface area contributed by atoms with E-state index in [2.05, 4.69) is 18.8 Å². The van der Waals surface area contributed by atoms with E-state index in [1.165, 1.54) is 0 Å². The van der Waals surface area contributed by atoms with Crippen molar-refractivity contribution < 1.29 is 5.11 Å². The van der Waals surface area contributed by atoms with Crippen LogP contribution in [-0.2, 0) is 13.5 Å². The molecule has 0 radical (unpaired) electrons. The Morgan fingerprint density at radius 1 is 1.54 bits per heavy atom. The van der Waals surface area contributed by atoms with Crippen LogP contribution in [0.1, 0.15) is 31.3 Å². The molecule has 0 bridgehead atoms. The van der Waals surface area contributed by atoms with Crippen molar-refractivity contribution in [3.05, 3.63) is 16.7 Å². The van der Waals surface area contributed by atoms with Gasteiger partial charge in [0.2, 0.25) is 0 Å². The molecule has 13 heavy (non-hydrogen) atoms. The van der Waals surface area contributed by atoms with Gasteiger partial charge in [0, 0.05) is 13.5 Å². The monoisotopic (exact) mass is 202 g/mol. The van der Waals surface area contributed by atoms with Gasteiger partial charge in [-0.2, -0.15) is 0 Å². The van der Waals surface area contributed by atoms with Crippen LogP contribution in [0.5, 0.6) is 0 Å². The number of nitrogens with zero attached hydrogens (tertiary/aromatic N) is 2. The van der Waals surface area contributed by atoms with Gasteiger partial charge in [0.1, 0.15) is 11.0 Å². The molecule has 74 valence electrons. The summed E-state index contributed by atoms with van der Waals surface area (Å²) in [6, 6.07) is 0. The quantitative estimate of drug-likeness (QED) is 0.811. The second kappa shape index (κ2) is 4.11. The lowest BCUT2D eigenvalue weighted by molar-refractivity contribution is 0.295. The average molecular weight is 203 g/mol. The predicted octanol–water partition coefficient (Wildman–Crippen LogP) is 1.73. The van der Waals surface area contributed by atoms with Crippen LogP contribution in [0.3, 0.4) is 0 Å². The molecule has 0 aliphatic heterocycles. The molecule has 1 rings (SSSR count). The molecule has 0 aromatic carbocycles. The van der Waals surface area contributed by atoms with E-state index in [1.54, 1.807) is 0 Å². The fourth-order valence-corrected chi connectivity index (χ4v) is 1.59. The Hall–Kier alpha value is -0.540. The van der Waals surface area contributed by atoms with Crippen molar-refractivity contribution >= 4 is 11.6 Å². The van der Waals surface area contributed by atoms with Gasteiger partial charge in [-0.15, -0.1) is 0 Å². The van der Waals surface area contributed by atoms with Gasteiger partial charge in [-0.1, -0.05) is 25.4 Å². The van der Waals surface area contributed by atoms with E-state index in [1.807, 2.05) is 11.6 Å². The van der Waals surface area contributed by atoms with Gasteiger partial charge in [0.15, 0.2) is 0 Å². The Balaban J connectivity index is 3.05. The zero-order chi connectivity index (χ0) is 10.0. The highest BCUT2D eigenvalue weighted by Gasteiger charge is 2.14. The summed E-state index contributed by atoms with van der Waals surface area (Å²) >= 11 is 6.06. The summed E-state index contributed by atoms with van der Waals surface area (Å²) in [6.07, 6.45) is 0.558. The Morgan fingerprint density at radius 3 is 2.54 bits per heavy atom. The van der Waals surface area contributed by atoms with Crippen molar-refractivity contribution in [3.63, 3.8) is 0 Å². The largest absolute Gasteiger partial charge is 0.396 e. The molecular weight excluding hydrogens is 188 g/mol. The Morgan fingerprint density at radius 2 is 2.15 bits per heavy atom. The summed E-state index contributed by atoms with van der Waals surface area (Å²) in [5, 5.41) is 9.47. The summed E-state index contributed by atoms with van der Waals surface area (Å²) in [7, 11) is 1.87. The van der Waals surface area contributed by atoms with E-state index < -0.39 is 0 Å². The minimum atomic E-state index is 0.110. The van der Waals surface area contributed by atoms with Crippen LogP contribution in [0.25, 0.3) is 0 Å². The topological polar surface area (TPSA) is 38.1 Å². The number of imidazole rings is 1. The average Bonchev–Trinajstić information content (AvgIpc) is 2.33. The molecule has 0 saturated heterocycles. The summed E-state index contributed by atoms with van der Waals surface area (Å²) in [6.45, 7) is 4.21. The fourth-order valence-electron chi connectivity index (χ4n) is 1.24. The third-order valence-corrected chi connectivity index (χ3v) is 2.47. The minimum Gasteiger partial charge on any atom is -0.396 e. The zero-order valence-corrected chi connectivity index (χ0v) is 8.97. The minimum absolute atomic E-state index is 0.110. The van der Waals surface area contributed by atoms with Crippen molar-refractivity contribution in [2.45, 2.75) is 26.2 Å². The van der Waals surface area contributed by atoms with E-state index in [9.17, 15) is 0 Å². The van der Waals surface area contributed by atoms with Gasteiger partial charge < -0.3 is 9.67 Å². The smallest absolute Gasteiger partial charge is 0.132 e. The molecule has 3 nitrogen and oxygen atoms in total. The maximum Gasteiger partial charge on any atom is 0.132 e. The first-order valence-corrected chi connectivity index (χ1v) is 4.77. The number of aliphatic hydroxyl groups excluding tert-OH is 1. The third kappa shape index (κ3) is 2.03. The van der Waals surface area contributed by atoms with Gasteiger partial charge in [-0.3, -0.25) is 0 Å². The highest BCUT2D eigenvalue weighted by Crippen LogP contribution is 2.23. The molecular formula is C9H15ClN2O. The number of hydrogen-bond acceptors (Lipinski definition) is 2. The van der Waals surface area contributed by atoms with E-state index in [4.69, 9.17) is 16.7 Å². The molecule has 1 heterocycles. The third-order valence-electron chi connectivity index (χ3n) is 2.02. The molecule has 0 amide bonds. The molecule has 0 saturated carbocycles. The first-order chi connectivity index (χ1) is 6.07. The van der Waals surface area contributed by atoms with E-state index in [0.29, 0.717) is 17.5 Å². The number of aliphatic hydroxyl groups is 1. The predicted molar refractivity (Wildman–Crippen MR) is 53.1 cm³/mol. The molecule has 0 aliphatic rings. The summed E-state index contributed by atoms with van der Waals surface area (Å²) in [5.74, 6) is 1.17. The second-order valence-corrected chi connectivity index (χ2v) is 3.75. The Labute approximate surface area is 83.4 Å². The number of aromatic nitrogens is 2. The normalized spacial score (nSPS) is 11.2. The van der Waals surface area contributed by atoms with Gasteiger partial charge >= 0.3 is 0 Å². The maximum atomic E-state index is 8.79. The molecule has 1 N–H and O–H groups in total. The molecule has 0 atom stereocenters. The van der Waals surface area contributed by atoms with Crippen molar-refractivity contribution in [2.75, 3.05) is 6.61 Å². The van der Waals surface area contributed by atoms with Crippen molar-refractivity contribution in [3.8, 4) is 0 Å². The lowest BCUT2D eigenvalue weighted by atomic mass is 10.2. The Bertz CT molecular complexity index is 294. The van der Waals surface area contributed by atoms with Crippen LogP contribution in [0, 0.1) is 0 Å². The van der Waals surface area contributed by atoms with Crippen molar-refractivity contribution in [2.24, 2.45) is 7.05 Å². The first kappa shape index (κ1) is 10.5. The molecule has 0 unspecified atom stereocenters. The first-order valence-electron chi connectivity index (χ1n) is 4.39. The van der Waals surface area contributed by atoms with Crippen LogP contribution in [0.15, 0.2) is 0 Å². The van der Waals surface area contributed by atoms with Crippen LogP contribution >= 0.6 is 11.6 Å². The molecule has 0 spiro atoms. The van der Waals surface area contributed by atoms with Gasteiger partial charge in [-0.05, 0) is 5.92 Å². The summed E-state index contributed by atoms with van der Waals surface area (Å²) in [4.78, 5) is 4.37. The van der Waals surface area contributed by atoms with Crippen LogP contribution in [0.4, 0.5) is 0 Å². The van der Waals surface area contributed by atoms with E-state index in [0.717, 1.165) is 11.5 Å². The summed E-state index contributed by atoms with van der Waals surface area (Å²) < 4.78 is 1.83. The van der Waals surface area contributed by atoms with E-state index >= 15 is 0 Å². The zero-order valence-electron chi connectivity index (χ0n) is 8.21. The molecule has 0 fully saturated rings. The SMILES string of the molecule is CC(C)c1nc(CCO)n(C)c1Cl. The van der Waals surface area contributed by atoms with Gasteiger partial charge in [0.05, 0.1) is 12.3 Å². The summed E-state index contributed by atoms with van der Waals surface area (Å²) in [5.41, 5.74) is 0.910. The van der Waals surface area contributed by atoms with Gasteiger partial charge in [0.25, 0.3) is 0 Å². The van der Waals surface area contributed by atoms with Crippen LogP contribution in [0.2, 0.25) is 5.15 Å². The highest BCUT2D eigenvalue weighted by atomic mass is 35.5. The number of rotatable bonds is 3. The molecule has 1 aromatic heterocycles. The van der Waals surface area contributed by atoms with Crippen LogP contribution in [-0.4, -0.2) is 21.3 Å². The van der Waals surface area contributed by atoms with Crippen LogP contribution < -0.4 is 0 Å². The fraction of sp³-hybridized carbons (Fsp3) is 0.667. The number of hydrogen-bond donors (Lipinski definition) is 1. The lowest BCUT2D eigenvalue weighted by Gasteiger charge is -2.00. The highest BCUT2D eigenvalue weighted by molar-refractivity contribution is 6.30. The van der Waals surface area contributed by atoms with Crippen molar-refractivity contribution in [1.29, 1.82) is 0 Å². The maximum absolute atomic E-state index is 8.79. The van der Waals surface area contributed by atoms with E-state index in [-0.39, 0.29) is 6.61 Å². The molecule has 0 aliphatic carbocycles. The molecule has 1 aromatic rings. The number of halogens is 1.